The fourth-order valence-corrected chi connectivity index (χ4v) is 11.8. The largest absolute Gasteiger partial charge is 0.331 e. The van der Waals surface area contributed by atoms with Gasteiger partial charge in [-0.15, -0.1) is 0 Å². The lowest BCUT2D eigenvalue weighted by Gasteiger charge is -2.33. The van der Waals surface area contributed by atoms with E-state index in [1.54, 1.807) is 22.3 Å². The molecular formula is C56H52N2. The molecule has 0 bridgehead atoms. The van der Waals surface area contributed by atoms with Crippen LogP contribution in [0.5, 0.6) is 0 Å². The minimum atomic E-state index is -0.190. The smallest absolute Gasteiger partial charge is 0.0646 e. The van der Waals surface area contributed by atoms with Crippen LogP contribution in [0.3, 0.4) is 0 Å². The van der Waals surface area contributed by atoms with Crippen LogP contribution in [-0.2, 0) is 49.6 Å². The summed E-state index contributed by atoms with van der Waals surface area (Å²) >= 11 is 0. The maximum atomic E-state index is 2.65. The van der Waals surface area contributed by atoms with Gasteiger partial charge in [-0.3, -0.25) is 0 Å². The van der Waals surface area contributed by atoms with Crippen LogP contribution in [0.4, 0.5) is 0 Å². The van der Waals surface area contributed by atoms with Crippen molar-refractivity contribution < 1.29 is 0 Å². The molecule has 2 heteroatoms. The van der Waals surface area contributed by atoms with Gasteiger partial charge in [-0.25, -0.2) is 0 Å². The van der Waals surface area contributed by atoms with Crippen LogP contribution in [0.15, 0.2) is 97.1 Å². The number of benzene rings is 4. The van der Waals surface area contributed by atoms with Crippen LogP contribution >= 0.6 is 0 Å². The molecule has 6 aliphatic rings. The maximum Gasteiger partial charge on any atom is 0.0646 e. The lowest BCUT2D eigenvalue weighted by Crippen LogP contribution is -2.30. The topological polar surface area (TPSA) is 9.86 Å². The molecule has 0 saturated heterocycles. The van der Waals surface area contributed by atoms with Crippen LogP contribution in [0, 0.1) is 0 Å². The molecule has 2 nitrogen and oxygen atoms in total. The Morgan fingerprint density at radius 1 is 0.379 bits per heavy atom. The Labute approximate surface area is 344 Å². The molecule has 0 fully saturated rings. The van der Waals surface area contributed by atoms with Gasteiger partial charge in [0.2, 0.25) is 0 Å². The summed E-state index contributed by atoms with van der Waals surface area (Å²) in [6, 6.07) is 29.2. The van der Waals surface area contributed by atoms with Crippen LogP contribution in [0.1, 0.15) is 132 Å². The highest BCUT2D eigenvalue weighted by Gasteiger charge is 2.35. The lowest BCUT2D eigenvalue weighted by molar-refractivity contribution is 0.430. The van der Waals surface area contributed by atoms with Crippen LogP contribution < -0.4 is 0 Å². The van der Waals surface area contributed by atoms with Crippen molar-refractivity contribution in [2.24, 2.45) is 0 Å². The molecule has 6 aromatic rings. The Bertz CT molecular complexity index is 2610. The van der Waals surface area contributed by atoms with Gasteiger partial charge in [0, 0.05) is 22.8 Å². The Morgan fingerprint density at radius 2 is 0.690 bits per heavy atom. The lowest BCUT2D eigenvalue weighted by atomic mass is 9.88. The summed E-state index contributed by atoms with van der Waals surface area (Å²) in [5, 5.41) is 0. The predicted octanol–water partition coefficient (Wildman–Crippen LogP) is 13.5. The predicted molar refractivity (Wildman–Crippen MR) is 243 cm³/mol. The molecule has 2 heterocycles. The summed E-state index contributed by atoms with van der Waals surface area (Å²) < 4.78 is 5.31. The van der Waals surface area contributed by atoms with Crippen LogP contribution in [-0.4, -0.2) is 9.13 Å². The van der Waals surface area contributed by atoms with E-state index in [-0.39, 0.29) is 11.1 Å². The first-order chi connectivity index (χ1) is 28.3. The van der Waals surface area contributed by atoms with E-state index in [2.05, 4.69) is 158 Å². The second kappa shape index (κ2) is 12.5. The van der Waals surface area contributed by atoms with Crippen molar-refractivity contribution in [2.75, 3.05) is 0 Å². The average molecular weight is 753 g/mol. The van der Waals surface area contributed by atoms with E-state index in [1.807, 2.05) is 0 Å². The zero-order valence-corrected chi connectivity index (χ0v) is 34.5. The van der Waals surface area contributed by atoms with Crippen molar-refractivity contribution in [2.45, 2.75) is 103 Å². The Hall–Kier alpha value is -5.60. The second-order valence-corrected chi connectivity index (χ2v) is 18.8. The molecule has 0 amide bonds. The van der Waals surface area contributed by atoms with Gasteiger partial charge in [-0.2, -0.15) is 0 Å². The van der Waals surface area contributed by atoms with E-state index in [0.29, 0.717) is 0 Å². The molecular weight excluding hydrogens is 701 g/mol. The SMILES string of the molecule is CC(C)(c1ccc2c(c1)-c1cc(-c3ccc4c(c3)-c3cc(C(C)(C)n5c6c(c7c5C=CCC7)CCC=C6)ccc3C4)ccc1C2)n1c2c(c3c1C=CCC3)CCC=C2. The first kappa shape index (κ1) is 34.4. The maximum absolute atomic E-state index is 2.65. The third-order valence-corrected chi connectivity index (χ3v) is 14.9. The summed E-state index contributed by atoms with van der Waals surface area (Å²) in [5.74, 6) is 0. The van der Waals surface area contributed by atoms with Crippen molar-refractivity contribution in [3.05, 3.63) is 176 Å². The molecule has 0 aliphatic heterocycles. The van der Waals surface area contributed by atoms with Crippen molar-refractivity contribution in [1.82, 2.24) is 9.13 Å². The van der Waals surface area contributed by atoms with Gasteiger partial charge >= 0.3 is 0 Å². The van der Waals surface area contributed by atoms with Gasteiger partial charge in [-0.05, 0) is 229 Å². The van der Waals surface area contributed by atoms with Gasteiger partial charge in [0.15, 0.2) is 0 Å². The van der Waals surface area contributed by atoms with E-state index in [9.17, 15) is 0 Å². The van der Waals surface area contributed by atoms with Crippen molar-refractivity contribution in [3.63, 3.8) is 0 Å². The van der Waals surface area contributed by atoms with E-state index in [1.165, 1.54) is 89.5 Å². The molecule has 0 radical (unpaired) electrons. The highest BCUT2D eigenvalue weighted by molar-refractivity contribution is 5.86. The number of hydrogen-bond acceptors (Lipinski definition) is 0. The number of rotatable bonds is 5. The average Bonchev–Trinajstić information content (AvgIpc) is 4.00. The van der Waals surface area contributed by atoms with E-state index in [4.69, 9.17) is 0 Å². The first-order valence-corrected chi connectivity index (χ1v) is 22.0. The van der Waals surface area contributed by atoms with Crippen molar-refractivity contribution in [1.29, 1.82) is 0 Å². The monoisotopic (exact) mass is 752 g/mol. The number of nitrogens with zero attached hydrogens (tertiary/aromatic N) is 2. The van der Waals surface area contributed by atoms with Gasteiger partial charge < -0.3 is 9.13 Å². The Morgan fingerprint density at radius 3 is 1.03 bits per heavy atom. The highest BCUT2D eigenvalue weighted by Crippen LogP contribution is 2.47. The molecule has 6 aliphatic carbocycles. The van der Waals surface area contributed by atoms with E-state index < -0.39 is 0 Å². The molecule has 0 saturated carbocycles. The molecule has 58 heavy (non-hydrogen) atoms. The highest BCUT2D eigenvalue weighted by atomic mass is 15.1. The second-order valence-electron chi connectivity index (χ2n) is 18.8. The molecule has 286 valence electrons. The zero-order valence-electron chi connectivity index (χ0n) is 34.5. The van der Waals surface area contributed by atoms with Gasteiger partial charge in [0.25, 0.3) is 0 Å². The number of allylic oxidation sites excluding steroid dienone is 4. The van der Waals surface area contributed by atoms with E-state index in [0.717, 1.165) is 64.2 Å². The number of fused-ring (bicyclic) bond motifs is 12. The third-order valence-electron chi connectivity index (χ3n) is 14.9. The summed E-state index contributed by atoms with van der Waals surface area (Å²) in [5.41, 5.74) is 28.3. The molecule has 4 aromatic carbocycles. The molecule has 0 N–H and O–H groups in total. The first-order valence-electron chi connectivity index (χ1n) is 22.0. The fourth-order valence-electron chi connectivity index (χ4n) is 11.8. The Kier molecular flexibility index (Phi) is 7.39. The van der Waals surface area contributed by atoms with Gasteiger partial charge in [0.1, 0.15) is 0 Å². The molecule has 0 atom stereocenters. The summed E-state index contributed by atoms with van der Waals surface area (Å²) in [6.07, 6.45) is 30.3. The molecule has 12 rings (SSSR count). The standard InChI is InChI=1S/C56H52N2/c1-55(2,57-51-17-9-5-13-43(51)44-14-6-10-18-52(44)57)41-27-25-39-29-37-23-21-35(31-47(37)49(39)33-41)36-22-24-38-30-40-26-28-42(34-50(40)48(38)32-36)56(3,4)58-53-19-11-7-15-45(53)46-16-8-12-20-54(46)58/h9-12,17-28,31-34H,5-8,13-16,29-30H2,1-4H3. The zero-order chi connectivity index (χ0) is 38.9. The minimum Gasteiger partial charge on any atom is -0.331 e. The third kappa shape index (κ3) is 4.90. The number of aromatic nitrogens is 2. The minimum absolute atomic E-state index is 0.190. The van der Waals surface area contributed by atoms with Gasteiger partial charge in [-0.1, -0.05) is 72.8 Å². The summed E-state index contributed by atoms with van der Waals surface area (Å²) in [4.78, 5) is 0. The fraction of sp³-hybridized carbons (Fsp3) is 0.286. The Balaban J connectivity index is 0.906. The van der Waals surface area contributed by atoms with Gasteiger partial charge in [0.05, 0.1) is 11.1 Å². The van der Waals surface area contributed by atoms with E-state index >= 15 is 0 Å². The van der Waals surface area contributed by atoms with Crippen molar-refractivity contribution >= 4 is 24.3 Å². The molecule has 2 aromatic heterocycles. The summed E-state index contributed by atoms with van der Waals surface area (Å²) in [7, 11) is 0. The normalized spacial score (nSPS) is 16.7. The molecule has 0 spiro atoms. The van der Waals surface area contributed by atoms with Crippen molar-refractivity contribution in [3.8, 4) is 33.4 Å². The van der Waals surface area contributed by atoms with Crippen LogP contribution in [0.25, 0.3) is 57.7 Å². The molecule has 0 unspecified atom stereocenters. The summed E-state index contributed by atoms with van der Waals surface area (Å²) in [6.45, 7) is 9.70. The number of hydrogen-bond donors (Lipinski definition) is 0. The quantitative estimate of drug-likeness (QED) is 0.166. The van der Waals surface area contributed by atoms with Crippen LogP contribution in [0.2, 0.25) is 0 Å².